The number of carbonyl (C=O) groups is 5. The minimum atomic E-state index is -0.998. The number of nitrogens with one attached hydrogen (secondary N) is 1. The zero-order chi connectivity index (χ0) is 22.8. The number of piperidine rings is 1. The van der Waals surface area contributed by atoms with Crippen LogP contribution in [-0.4, -0.2) is 52.7 Å². The zero-order valence-electron chi connectivity index (χ0n) is 17.9. The fourth-order valence-corrected chi connectivity index (χ4v) is 3.49. The van der Waals surface area contributed by atoms with Crippen molar-refractivity contribution in [2.24, 2.45) is 0 Å². The molecule has 1 atom stereocenters. The number of esters is 1. The average Bonchev–Trinajstić information content (AvgIpc) is 2.91. The van der Waals surface area contributed by atoms with Crippen LogP contribution in [0, 0.1) is 0 Å². The number of unbranched alkanes of at least 4 members (excludes halogenated alkanes) is 1. The highest BCUT2D eigenvalue weighted by atomic mass is 16.6. The van der Waals surface area contributed by atoms with Crippen LogP contribution in [-0.2, 0) is 19.1 Å². The number of carbonyl (C=O) groups excluding carboxylic acids is 5. The Kier molecular flexibility index (Phi) is 6.42. The van der Waals surface area contributed by atoms with E-state index < -0.39 is 35.3 Å². The number of rotatable bonds is 7. The molecule has 31 heavy (non-hydrogen) atoms. The molecule has 2 aliphatic rings. The zero-order valence-corrected chi connectivity index (χ0v) is 17.9. The van der Waals surface area contributed by atoms with Crippen LogP contribution in [0.15, 0.2) is 18.2 Å². The van der Waals surface area contributed by atoms with Gasteiger partial charge in [-0.25, -0.2) is 0 Å². The van der Waals surface area contributed by atoms with Gasteiger partial charge >= 0.3 is 5.97 Å². The highest BCUT2D eigenvalue weighted by Crippen LogP contribution is 2.30. The largest absolute Gasteiger partial charge is 0.494 e. The van der Waals surface area contributed by atoms with Crippen LogP contribution in [0.5, 0.6) is 5.75 Å². The molecular weight excluding hydrogens is 404 g/mol. The summed E-state index contributed by atoms with van der Waals surface area (Å²) in [4.78, 5) is 61.5. The van der Waals surface area contributed by atoms with Gasteiger partial charge in [-0.3, -0.25) is 34.2 Å². The molecule has 0 spiro atoms. The molecule has 1 fully saturated rings. The van der Waals surface area contributed by atoms with E-state index >= 15 is 0 Å². The van der Waals surface area contributed by atoms with Gasteiger partial charge in [0.2, 0.25) is 11.8 Å². The predicted molar refractivity (Wildman–Crippen MR) is 108 cm³/mol. The average molecular weight is 430 g/mol. The molecule has 2 aliphatic heterocycles. The Hall–Kier alpha value is -3.23. The first-order valence-electron chi connectivity index (χ1n) is 10.3. The Morgan fingerprint density at radius 2 is 1.81 bits per heavy atom. The van der Waals surface area contributed by atoms with Crippen molar-refractivity contribution in [1.82, 2.24) is 10.2 Å². The molecule has 9 heteroatoms. The number of nitrogens with zero attached hydrogens (tertiary/aromatic N) is 1. The monoisotopic (exact) mass is 430 g/mol. The van der Waals surface area contributed by atoms with Crippen LogP contribution in [0.2, 0.25) is 0 Å². The third kappa shape index (κ3) is 5.28. The number of benzene rings is 1. The third-order valence-corrected chi connectivity index (χ3v) is 4.88. The van der Waals surface area contributed by atoms with Crippen LogP contribution < -0.4 is 10.1 Å². The topological polar surface area (TPSA) is 119 Å². The van der Waals surface area contributed by atoms with E-state index in [1.54, 1.807) is 6.07 Å². The minimum Gasteiger partial charge on any atom is -0.494 e. The summed E-state index contributed by atoms with van der Waals surface area (Å²) in [5, 5.41) is 2.16. The van der Waals surface area contributed by atoms with Gasteiger partial charge in [-0.1, -0.05) is 0 Å². The smallest absolute Gasteiger partial charge is 0.306 e. The molecule has 4 amide bonds. The van der Waals surface area contributed by atoms with Gasteiger partial charge in [-0.05, 0) is 58.2 Å². The second kappa shape index (κ2) is 8.87. The number of imide groups is 2. The Balaban J connectivity index is 1.55. The highest BCUT2D eigenvalue weighted by molar-refractivity contribution is 6.23. The van der Waals surface area contributed by atoms with Gasteiger partial charge in [-0.2, -0.15) is 0 Å². The lowest BCUT2D eigenvalue weighted by Crippen LogP contribution is -2.54. The third-order valence-electron chi connectivity index (χ3n) is 4.88. The molecule has 1 N–H and O–H groups in total. The Bertz CT molecular complexity index is 932. The van der Waals surface area contributed by atoms with Gasteiger partial charge in [-0.15, -0.1) is 0 Å². The van der Waals surface area contributed by atoms with Gasteiger partial charge in [0.15, 0.2) is 0 Å². The van der Waals surface area contributed by atoms with Gasteiger partial charge < -0.3 is 9.47 Å². The lowest BCUT2D eigenvalue weighted by Gasteiger charge is -2.27. The molecule has 0 radical (unpaired) electrons. The van der Waals surface area contributed by atoms with Crippen molar-refractivity contribution in [3.63, 3.8) is 0 Å². The number of fused-ring (bicyclic) bond motifs is 1. The van der Waals surface area contributed by atoms with Crippen LogP contribution in [0.4, 0.5) is 0 Å². The molecule has 1 unspecified atom stereocenters. The number of hydrogen-bond acceptors (Lipinski definition) is 7. The molecule has 3 rings (SSSR count). The maximum atomic E-state index is 12.8. The number of hydrogen-bond donors (Lipinski definition) is 1. The summed E-state index contributed by atoms with van der Waals surface area (Å²) in [5.74, 6) is -2.04. The highest BCUT2D eigenvalue weighted by Gasteiger charge is 2.44. The minimum absolute atomic E-state index is 0.0709. The molecule has 9 nitrogen and oxygen atoms in total. The summed E-state index contributed by atoms with van der Waals surface area (Å²) in [5.41, 5.74) is -0.142. The lowest BCUT2D eigenvalue weighted by molar-refractivity contribution is -0.155. The van der Waals surface area contributed by atoms with Crippen LogP contribution in [0.3, 0.4) is 0 Å². The summed E-state index contributed by atoms with van der Waals surface area (Å²) >= 11 is 0. The van der Waals surface area contributed by atoms with Crippen LogP contribution in [0.25, 0.3) is 0 Å². The van der Waals surface area contributed by atoms with E-state index in [0.29, 0.717) is 31.6 Å². The van der Waals surface area contributed by atoms with Gasteiger partial charge in [0.05, 0.1) is 17.7 Å². The van der Waals surface area contributed by atoms with E-state index in [-0.39, 0.29) is 29.9 Å². The SMILES string of the molecule is CC(C)(C)OC(=O)CCCCOc1ccc2c(c1)C(=O)N(C1CCC(=O)NC1=O)C2=O. The van der Waals surface area contributed by atoms with E-state index in [1.165, 1.54) is 12.1 Å². The maximum Gasteiger partial charge on any atom is 0.306 e. The molecule has 0 saturated carbocycles. The molecule has 1 saturated heterocycles. The van der Waals surface area contributed by atoms with E-state index in [9.17, 15) is 24.0 Å². The molecule has 0 bridgehead atoms. The van der Waals surface area contributed by atoms with Crippen LogP contribution in [0.1, 0.15) is 73.6 Å². The normalized spacial score (nSPS) is 18.7. The molecule has 2 heterocycles. The molecule has 1 aromatic carbocycles. The van der Waals surface area contributed by atoms with Crippen molar-refractivity contribution < 1.29 is 33.4 Å². The molecule has 0 aliphatic carbocycles. The Morgan fingerprint density at radius 1 is 1.10 bits per heavy atom. The molecule has 0 aromatic heterocycles. The van der Waals surface area contributed by atoms with Crippen molar-refractivity contribution in [3.05, 3.63) is 29.3 Å². The first kappa shape index (κ1) is 22.5. The molecular formula is C22H26N2O7. The van der Waals surface area contributed by atoms with Gasteiger partial charge in [0.25, 0.3) is 11.8 Å². The summed E-state index contributed by atoms with van der Waals surface area (Å²) in [7, 11) is 0. The number of amides is 4. The van der Waals surface area contributed by atoms with Crippen LogP contribution >= 0.6 is 0 Å². The van der Waals surface area contributed by atoms with E-state index in [2.05, 4.69) is 5.32 Å². The van der Waals surface area contributed by atoms with E-state index in [4.69, 9.17) is 9.47 Å². The first-order chi connectivity index (χ1) is 14.6. The van der Waals surface area contributed by atoms with E-state index in [0.717, 1.165) is 4.90 Å². The summed E-state index contributed by atoms with van der Waals surface area (Å²) in [6, 6.07) is 3.57. The van der Waals surface area contributed by atoms with E-state index in [1.807, 2.05) is 20.8 Å². The fraction of sp³-hybridized carbons (Fsp3) is 0.500. The quantitative estimate of drug-likeness (QED) is 0.399. The molecule has 1 aromatic rings. The van der Waals surface area contributed by atoms with Gasteiger partial charge in [0.1, 0.15) is 17.4 Å². The number of ether oxygens (including phenoxy) is 2. The predicted octanol–water partition coefficient (Wildman–Crippen LogP) is 1.98. The van der Waals surface area contributed by atoms with Crippen molar-refractivity contribution in [2.45, 2.75) is 64.5 Å². The standard InChI is InChI=1S/C22H26N2O7/c1-22(2,3)31-18(26)6-4-5-11-30-13-7-8-14-15(12-13)21(29)24(20(14)28)16-9-10-17(25)23-19(16)27/h7-8,12,16H,4-6,9-11H2,1-3H3,(H,23,25,27). The lowest BCUT2D eigenvalue weighted by atomic mass is 10.0. The van der Waals surface area contributed by atoms with Gasteiger partial charge in [0, 0.05) is 12.8 Å². The summed E-state index contributed by atoms with van der Waals surface area (Å²) in [6.45, 7) is 5.78. The second-order valence-electron chi connectivity index (χ2n) is 8.55. The van der Waals surface area contributed by atoms with Crippen molar-refractivity contribution in [2.75, 3.05) is 6.61 Å². The summed E-state index contributed by atoms with van der Waals surface area (Å²) in [6.07, 6.45) is 1.68. The Labute approximate surface area is 180 Å². The second-order valence-corrected chi connectivity index (χ2v) is 8.55. The molecule has 166 valence electrons. The first-order valence-corrected chi connectivity index (χ1v) is 10.3. The summed E-state index contributed by atoms with van der Waals surface area (Å²) < 4.78 is 10.9. The Morgan fingerprint density at radius 3 is 2.48 bits per heavy atom. The maximum absolute atomic E-state index is 12.8. The van der Waals surface area contributed by atoms with Crippen molar-refractivity contribution in [1.29, 1.82) is 0 Å². The van der Waals surface area contributed by atoms with Crippen molar-refractivity contribution >= 4 is 29.6 Å². The van der Waals surface area contributed by atoms with Crippen molar-refractivity contribution in [3.8, 4) is 5.75 Å². The fourth-order valence-electron chi connectivity index (χ4n) is 3.49.